The first-order valence-corrected chi connectivity index (χ1v) is 8.13. The van der Waals surface area contributed by atoms with Gasteiger partial charge in [0.2, 0.25) is 6.08 Å². The Hall–Kier alpha value is -0.483. The Labute approximate surface area is 113 Å². The van der Waals surface area contributed by atoms with Gasteiger partial charge in [-0.1, -0.05) is 32.7 Å². The minimum absolute atomic E-state index is 0.0664. The van der Waals surface area contributed by atoms with E-state index in [0.717, 1.165) is 51.4 Å². The molecule has 5 heteroatoms. The Kier molecular flexibility index (Phi) is 14.2. The molecule has 0 spiro atoms. The first-order valence-electron chi connectivity index (χ1n) is 6.85. The Bertz CT molecular complexity index is 210. The van der Waals surface area contributed by atoms with Crippen LogP contribution in [0.3, 0.4) is 0 Å². The maximum absolute atomic E-state index is 9.91. The number of rotatable bonds is 13. The lowest BCUT2D eigenvalue weighted by Crippen LogP contribution is -2.25. The van der Waals surface area contributed by atoms with Crippen molar-refractivity contribution in [1.29, 1.82) is 0 Å². The van der Waals surface area contributed by atoms with Gasteiger partial charge in [0, 0.05) is 13.2 Å². The van der Waals surface area contributed by atoms with Gasteiger partial charge in [0.1, 0.15) is 15.4 Å². The quantitative estimate of drug-likeness (QED) is 0.170. The van der Waals surface area contributed by atoms with E-state index in [4.69, 9.17) is 9.47 Å². The molecule has 0 aliphatic carbocycles. The minimum Gasteiger partial charge on any atom is -0.357 e. The van der Waals surface area contributed by atoms with E-state index in [0.29, 0.717) is 16.1 Å². The van der Waals surface area contributed by atoms with Crippen molar-refractivity contribution in [3.8, 4) is 0 Å². The molecule has 0 N–H and O–H groups in total. The predicted molar refractivity (Wildman–Crippen MR) is 73.7 cm³/mol. The lowest BCUT2D eigenvalue weighted by Gasteiger charge is -2.17. The second-order valence-electron chi connectivity index (χ2n) is 4.06. The number of unbranched alkanes of at least 4 members (excludes halogenated alkanes) is 2. The molecule has 0 aromatic rings. The third kappa shape index (κ3) is 12.0. The van der Waals surface area contributed by atoms with Crippen molar-refractivity contribution in [2.75, 3.05) is 19.8 Å². The molecule has 0 aliphatic heterocycles. The molecule has 0 heterocycles. The third-order valence-electron chi connectivity index (χ3n) is 2.36. The second-order valence-corrected chi connectivity index (χ2v) is 5.44. The second kappa shape index (κ2) is 14.6. The van der Waals surface area contributed by atoms with Crippen LogP contribution < -0.4 is 0 Å². The summed E-state index contributed by atoms with van der Waals surface area (Å²) < 4.78 is 11.4. The molecule has 0 aliphatic rings. The van der Waals surface area contributed by atoms with Gasteiger partial charge in [-0.2, -0.15) is 0 Å². The van der Waals surface area contributed by atoms with Crippen LogP contribution in [0.1, 0.15) is 46.0 Å². The lowest BCUT2D eigenvalue weighted by molar-refractivity contribution is -0.0920. The van der Waals surface area contributed by atoms with Crippen LogP contribution in [-0.4, -0.2) is 41.3 Å². The molecular formula is C13H25NO3Si. The number of ether oxygens (including phenoxy) is 2. The molecule has 0 aromatic carbocycles. The van der Waals surface area contributed by atoms with Crippen LogP contribution in [0.4, 0.5) is 0 Å². The van der Waals surface area contributed by atoms with E-state index in [2.05, 4.69) is 18.8 Å². The van der Waals surface area contributed by atoms with Crippen LogP contribution >= 0.6 is 0 Å². The zero-order chi connectivity index (χ0) is 13.5. The largest absolute Gasteiger partial charge is 0.357 e. The average molecular weight is 271 g/mol. The Morgan fingerprint density at radius 2 is 1.72 bits per heavy atom. The van der Waals surface area contributed by atoms with Gasteiger partial charge in [0.15, 0.2) is 0 Å². The average Bonchev–Trinajstić information content (AvgIpc) is 2.38. The van der Waals surface area contributed by atoms with E-state index >= 15 is 0 Å². The number of hydrogen-bond acceptors (Lipinski definition) is 4. The van der Waals surface area contributed by atoms with Gasteiger partial charge in [0.05, 0.1) is 6.54 Å². The van der Waals surface area contributed by atoms with Gasteiger partial charge in [-0.15, -0.1) is 0 Å². The summed E-state index contributed by atoms with van der Waals surface area (Å²) in [5, 5.41) is 0. The summed E-state index contributed by atoms with van der Waals surface area (Å²) in [6, 6.07) is 0.994. The van der Waals surface area contributed by atoms with Gasteiger partial charge >= 0.3 is 0 Å². The Morgan fingerprint density at radius 1 is 1.11 bits per heavy atom. The van der Waals surface area contributed by atoms with Crippen molar-refractivity contribution in [2.24, 2.45) is 4.99 Å². The van der Waals surface area contributed by atoms with Crippen LogP contribution in [0.25, 0.3) is 0 Å². The number of hydrogen-bond donors (Lipinski definition) is 0. The normalized spacial score (nSPS) is 10.6. The van der Waals surface area contributed by atoms with Crippen LogP contribution in [0.15, 0.2) is 4.99 Å². The highest BCUT2D eigenvalue weighted by molar-refractivity contribution is 6.36. The zero-order valence-electron chi connectivity index (χ0n) is 11.6. The number of nitrogens with zero attached hydrogens (tertiary/aromatic N) is 1. The summed E-state index contributed by atoms with van der Waals surface area (Å²) >= 11 is 0. The fraction of sp³-hybridized carbons (Fsp3) is 0.923. The van der Waals surface area contributed by atoms with Crippen molar-refractivity contribution >= 4 is 15.6 Å². The maximum atomic E-state index is 9.91. The predicted octanol–water partition coefficient (Wildman–Crippen LogP) is 2.75. The molecule has 2 radical (unpaired) electrons. The topological polar surface area (TPSA) is 47.9 Å². The first-order chi connectivity index (χ1) is 8.85. The Morgan fingerprint density at radius 3 is 2.22 bits per heavy atom. The maximum Gasteiger partial charge on any atom is 0.234 e. The molecule has 0 atom stereocenters. The third-order valence-corrected chi connectivity index (χ3v) is 3.67. The highest BCUT2D eigenvalue weighted by Gasteiger charge is 2.09. The molecule has 0 unspecified atom stereocenters. The van der Waals surface area contributed by atoms with E-state index in [-0.39, 0.29) is 5.91 Å². The van der Waals surface area contributed by atoms with E-state index in [9.17, 15) is 4.79 Å². The van der Waals surface area contributed by atoms with Crippen LogP contribution in [-0.2, 0) is 14.3 Å². The highest BCUT2D eigenvalue weighted by Crippen LogP contribution is 2.03. The smallest absolute Gasteiger partial charge is 0.234 e. The van der Waals surface area contributed by atoms with Gasteiger partial charge in [0.25, 0.3) is 0 Å². The van der Waals surface area contributed by atoms with Crippen molar-refractivity contribution in [3.63, 3.8) is 0 Å². The van der Waals surface area contributed by atoms with Crippen LogP contribution in [0, 0.1) is 0 Å². The highest BCUT2D eigenvalue weighted by atomic mass is 28.2. The SMILES string of the molecule is CCCCOC(OCCCC)[Si]CCCN=C=O. The van der Waals surface area contributed by atoms with E-state index < -0.39 is 0 Å². The summed E-state index contributed by atoms with van der Waals surface area (Å²) in [6.45, 7) is 6.40. The van der Waals surface area contributed by atoms with E-state index in [1.54, 1.807) is 6.08 Å². The van der Waals surface area contributed by atoms with Gasteiger partial charge in [-0.25, -0.2) is 9.79 Å². The Balaban J connectivity index is 3.69. The summed E-state index contributed by atoms with van der Waals surface area (Å²) in [5.74, 6) is -0.0664. The number of isocyanates is 1. The first kappa shape index (κ1) is 17.5. The van der Waals surface area contributed by atoms with Crippen LogP contribution in [0.5, 0.6) is 0 Å². The molecule has 4 nitrogen and oxygen atoms in total. The lowest BCUT2D eigenvalue weighted by atomic mass is 10.4. The van der Waals surface area contributed by atoms with Crippen molar-refractivity contribution in [1.82, 2.24) is 0 Å². The summed E-state index contributed by atoms with van der Waals surface area (Å²) in [7, 11) is 0.623. The molecule has 0 aromatic heterocycles. The molecule has 104 valence electrons. The standard InChI is InChI=1S/C13H25NO3Si/c1-3-5-9-16-13(17-10-6-4-2)18-11-7-8-14-12-15/h13H,3-11H2,1-2H3. The fourth-order valence-electron chi connectivity index (χ4n) is 1.26. The van der Waals surface area contributed by atoms with Gasteiger partial charge in [-0.05, 0) is 19.3 Å². The number of carbonyl (C=O) groups excluding carboxylic acids is 1. The van der Waals surface area contributed by atoms with Crippen molar-refractivity contribution < 1.29 is 14.3 Å². The van der Waals surface area contributed by atoms with Crippen molar-refractivity contribution in [2.45, 2.75) is 57.9 Å². The number of aliphatic imine (C=N–C) groups is 1. The van der Waals surface area contributed by atoms with Crippen LogP contribution in [0.2, 0.25) is 6.04 Å². The van der Waals surface area contributed by atoms with Gasteiger partial charge < -0.3 is 9.47 Å². The zero-order valence-corrected chi connectivity index (χ0v) is 12.6. The summed E-state index contributed by atoms with van der Waals surface area (Å²) in [5.41, 5.74) is 0. The molecule has 0 amide bonds. The monoisotopic (exact) mass is 271 g/mol. The van der Waals surface area contributed by atoms with E-state index in [1.807, 2.05) is 0 Å². The van der Waals surface area contributed by atoms with E-state index in [1.165, 1.54) is 0 Å². The molecule has 18 heavy (non-hydrogen) atoms. The molecule has 0 fully saturated rings. The van der Waals surface area contributed by atoms with Crippen molar-refractivity contribution in [3.05, 3.63) is 0 Å². The summed E-state index contributed by atoms with van der Waals surface area (Å²) in [4.78, 5) is 13.4. The molecule has 0 saturated heterocycles. The minimum atomic E-state index is -0.0664. The fourth-order valence-corrected chi connectivity index (χ4v) is 2.33. The molecule has 0 saturated carbocycles. The summed E-state index contributed by atoms with van der Waals surface area (Å²) in [6.07, 6.45) is 6.89. The molecule has 0 rings (SSSR count). The molecular weight excluding hydrogens is 246 g/mol. The molecule has 0 bridgehead atoms. The van der Waals surface area contributed by atoms with Gasteiger partial charge in [-0.3, -0.25) is 0 Å².